The molecular weight excluding hydrogens is 520 g/mol. The Labute approximate surface area is 237 Å². The third-order valence-electron chi connectivity index (χ3n) is 10.5. The number of hydrogen-bond donors (Lipinski definition) is 2. The predicted molar refractivity (Wildman–Crippen MR) is 148 cm³/mol. The number of unbranched alkanes of at least 4 members (excludes halogenated alkanes) is 1. The van der Waals surface area contributed by atoms with Gasteiger partial charge in [0.1, 0.15) is 12.8 Å². The van der Waals surface area contributed by atoms with E-state index in [0.717, 1.165) is 19.4 Å². The average molecular weight is 568 g/mol. The smallest absolute Gasteiger partial charge is 0.302 e. The number of nitrogens with zero attached hydrogens (tertiary/aromatic N) is 1. The van der Waals surface area contributed by atoms with Gasteiger partial charge in [-0.05, 0) is 88.6 Å². The zero-order valence-electron chi connectivity index (χ0n) is 24.8. The molecule has 0 aliphatic heterocycles. The summed E-state index contributed by atoms with van der Waals surface area (Å²) in [6.07, 6.45) is 3.93. The van der Waals surface area contributed by atoms with Gasteiger partial charge in [0.05, 0.1) is 12.7 Å². The number of alkyl halides is 2. The van der Waals surface area contributed by atoms with Gasteiger partial charge in [0.25, 0.3) is 0 Å². The fourth-order valence-electron chi connectivity index (χ4n) is 8.45. The Morgan fingerprint density at radius 1 is 1.23 bits per heavy atom. The average Bonchev–Trinajstić information content (AvgIpc) is 3.17. The Kier molecular flexibility index (Phi) is 9.84. The molecule has 40 heavy (non-hydrogen) atoms. The van der Waals surface area contributed by atoms with Crippen LogP contribution >= 0.6 is 0 Å². The lowest BCUT2D eigenvalue weighted by Gasteiger charge is -2.63. The van der Waals surface area contributed by atoms with Crippen molar-refractivity contribution in [3.8, 4) is 0 Å². The van der Waals surface area contributed by atoms with E-state index in [1.165, 1.54) is 25.2 Å². The largest absolute Gasteiger partial charge is 0.466 e. The Balaban J connectivity index is 0.000000663. The lowest BCUT2D eigenvalue weighted by molar-refractivity contribution is -0.212. The molecule has 9 heteroatoms. The molecule has 1 unspecified atom stereocenters. The molecule has 0 aromatic rings. The highest BCUT2D eigenvalue weighted by Crippen LogP contribution is 2.72. The maximum atomic E-state index is 17.2. The fraction of sp³-hybridized carbons (Fsp3) is 0.774. The van der Waals surface area contributed by atoms with Crippen LogP contribution < -0.4 is 0 Å². The van der Waals surface area contributed by atoms with Crippen LogP contribution in [0.4, 0.5) is 8.78 Å². The Hall–Kier alpha value is -1.97. The van der Waals surface area contributed by atoms with Gasteiger partial charge >= 0.3 is 5.97 Å². The number of allylic oxidation sites excluding steroid dienone is 4. The van der Waals surface area contributed by atoms with E-state index in [-0.39, 0.29) is 41.9 Å². The summed E-state index contributed by atoms with van der Waals surface area (Å²) in [7, 11) is 1.96. The molecule has 7 nitrogen and oxygen atoms in total. The second kappa shape index (κ2) is 12.1. The molecule has 4 rings (SSSR count). The normalized spacial score (nSPS) is 39.9. The summed E-state index contributed by atoms with van der Waals surface area (Å²) in [4.78, 5) is 37.3. The van der Waals surface area contributed by atoms with Crippen molar-refractivity contribution in [2.75, 3.05) is 33.4 Å². The van der Waals surface area contributed by atoms with Gasteiger partial charge in [0.2, 0.25) is 0 Å². The Morgan fingerprint density at radius 3 is 2.45 bits per heavy atom. The van der Waals surface area contributed by atoms with Crippen LogP contribution in [0.3, 0.4) is 0 Å². The lowest BCUT2D eigenvalue weighted by Crippen LogP contribution is -2.70. The van der Waals surface area contributed by atoms with E-state index in [2.05, 4.69) is 16.6 Å². The molecule has 4 aliphatic carbocycles. The molecule has 2 N–H and O–H groups in total. The van der Waals surface area contributed by atoms with Gasteiger partial charge in [-0.1, -0.05) is 26.3 Å². The van der Waals surface area contributed by atoms with Crippen LogP contribution in [0, 0.1) is 28.1 Å². The zero-order chi connectivity index (χ0) is 30.1. The number of carbonyl (C=O) groups excluding carboxylic acids is 3. The predicted octanol–water partition coefficient (Wildman–Crippen LogP) is 4.15. The maximum absolute atomic E-state index is 17.2. The molecular formula is C31H47F2NO6. The van der Waals surface area contributed by atoms with Crippen molar-refractivity contribution in [1.82, 2.24) is 4.90 Å². The third kappa shape index (κ3) is 5.11. The molecule has 0 aromatic carbocycles. The van der Waals surface area contributed by atoms with E-state index in [4.69, 9.17) is 0 Å². The van der Waals surface area contributed by atoms with Gasteiger partial charge in [-0.15, -0.1) is 0 Å². The molecule has 0 heterocycles. The summed E-state index contributed by atoms with van der Waals surface area (Å²) in [5, 5.41) is 21.4. The van der Waals surface area contributed by atoms with E-state index in [1.54, 1.807) is 13.8 Å². The Morgan fingerprint density at radius 2 is 1.90 bits per heavy atom. The minimum absolute atomic E-state index is 0.0552. The number of ketones is 2. The van der Waals surface area contributed by atoms with Crippen LogP contribution in [0.2, 0.25) is 0 Å². The first-order chi connectivity index (χ1) is 18.7. The van der Waals surface area contributed by atoms with Crippen LogP contribution in [-0.2, 0) is 19.1 Å². The molecule has 0 radical (unpaired) electrons. The van der Waals surface area contributed by atoms with Crippen molar-refractivity contribution < 1.29 is 38.1 Å². The summed E-state index contributed by atoms with van der Waals surface area (Å²) in [6, 6.07) is 0. The van der Waals surface area contributed by atoms with Crippen LogP contribution in [0.1, 0.15) is 73.1 Å². The van der Waals surface area contributed by atoms with Crippen molar-refractivity contribution in [3.63, 3.8) is 0 Å². The lowest BCUT2D eigenvalue weighted by atomic mass is 9.43. The second-order valence-corrected chi connectivity index (χ2v) is 12.6. The molecule has 226 valence electrons. The van der Waals surface area contributed by atoms with E-state index >= 15 is 8.78 Å². The quantitative estimate of drug-likeness (QED) is 0.425. The van der Waals surface area contributed by atoms with Gasteiger partial charge in [0, 0.05) is 30.2 Å². The number of rotatable bonds is 8. The highest BCUT2D eigenvalue weighted by Gasteiger charge is 2.75. The molecule has 0 amide bonds. The zero-order valence-corrected chi connectivity index (χ0v) is 24.8. The van der Waals surface area contributed by atoms with Gasteiger partial charge in [0.15, 0.2) is 17.2 Å². The number of ether oxygens (including phenoxy) is 1. The summed E-state index contributed by atoms with van der Waals surface area (Å²) in [5.41, 5.74) is -5.17. The molecule has 4 aliphatic rings. The van der Waals surface area contributed by atoms with Gasteiger partial charge < -0.3 is 19.8 Å². The number of Topliss-reactive ketones (excluding diaryl/α,β-unsaturated/α-hetero) is 1. The summed E-state index contributed by atoms with van der Waals surface area (Å²) < 4.78 is 37.2. The minimum Gasteiger partial charge on any atom is -0.466 e. The highest BCUT2D eigenvalue weighted by molar-refractivity contribution is 6.01. The topological polar surface area (TPSA) is 104 Å². The number of aliphatic hydroxyl groups excluding tert-OH is 2. The van der Waals surface area contributed by atoms with Crippen LogP contribution in [-0.4, -0.2) is 83.9 Å². The summed E-state index contributed by atoms with van der Waals surface area (Å²) >= 11 is 0. The number of halogens is 2. The van der Waals surface area contributed by atoms with E-state index < -0.39 is 46.7 Å². The molecule has 3 fully saturated rings. The van der Waals surface area contributed by atoms with Crippen molar-refractivity contribution in [1.29, 1.82) is 0 Å². The summed E-state index contributed by atoms with van der Waals surface area (Å²) in [6.45, 7) is 9.90. The van der Waals surface area contributed by atoms with Gasteiger partial charge in [-0.25, -0.2) is 8.78 Å². The number of carbonyl (C=O) groups is 3. The van der Waals surface area contributed by atoms with E-state index in [1.807, 2.05) is 14.0 Å². The van der Waals surface area contributed by atoms with Gasteiger partial charge in [-0.3, -0.25) is 14.4 Å². The number of aliphatic hydroxyl groups is 2. The molecule has 8 atom stereocenters. The molecule has 0 aromatic heterocycles. The van der Waals surface area contributed by atoms with E-state index in [0.29, 0.717) is 26.0 Å². The SMILES string of the molecule is CCCCN(C)C[C@]1(C(=O)CO)CCC2[C@@H]3C[C@H](F)C4=CC(=O)C=C[C@]4(C)[C@@]3(F)[C@@H](O)C[C@@]21C.CCOC(C)=O. The molecule has 3 saturated carbocycles. The van der Waals surface area contributed by atoms with Crippen LogP contribution in [0.15, 0.2) is 23.8 Å². The minimum atomic E-state index is -2.14. The Bertz CT molecular complexity index is 1050. The second-order valence-electron chi connectivity index (χ2n) is 12.6. The fourth-order valence-corrected chi connectivity index (χ4v) is 8.45. The van der Waals surface area contributed by atoms with Crippen molar-refractivity contribution in [3.05, 3.63) is 23.8 Å². The number of fused-ring (bicyclic) bond motifs is 5. The first-order valence-electron chi connectivity index (χ1n) is 14.6. The van der Waals surface area contributed by atoms with E-state index in [9.17, 15) is 24.6 Å². The first kappa shape index (κ1) is 32.5. The van der Waals surface area contributed by atoms with Crippen molar-refractivity contribution >= 4 is 17.5 Å². The van der Waals surface area contributed by atoms with Crippen LogP contribution in [0.25, 0.3) is 0 Å². The van der Waals surface area contributed by atoms with Crippen molar-refractivity contribution in [2.24, 2.45) is 28.1 Å². The highest BCUT2D eigenvalue weighted by atomic mass is 19.1. The first-order valence-corrected chi connectivity index (χ1v) is 14.6. The molecule has 0 spiro atoms. The standard InChI is InChI=1S/C27H39F2NO4.C4H8O2/c1-5-6-11-30(4)16-26(23(34)15-31)10-8-18-19-13-21(28)20-12-17(32)7-9-24(20,2)27(19,29)22(33)14-25(18,26)3;1-3-6-4(2)5/h7,9,12,18-19,21-22,31,33H,5-6,8,10-11,13-16H2,1-4H3;3H2,1-2H3/t18?,19-,21-,22-,24-,25-,26-,27-;/m0./s1. The van der Waals surface area contributed by atoms with Crippen LogP contribution in [0.5, 0.6) is 0 Å². The number of hydrogen-bond acceptors (Lipinski definition) is 7. The third-order valence-corrected chi connectivity index (χ3v) is 10.5. The monoisotopic (exact) mass is 567 g/mol. The maximum Gasteiger partial charge on any atom is 0.302 e. The van der Waals surface area contributed by atoms with Crippen molar-refractivity contribution in [2.45, 2.75) is 91.1 Å². The molecule has 0 bridgehead atoms. The number of esters is 1. The molecule has 0 saturated heterocycles. The summed E-state index contributed by atoms with van der Waals surface area (Å²) in [5.74, 6) is -1.97. The van der Waals surface area contributed by atoms with Gasteiger partial charge in [-0.2, -0.15) is 0 Å².